The van der Waals surface area contributed by atoms with E-state index in [9.17, 15) is 26.4 Å². The zero-order valence-corrected chi connectivity index (χ0v) is 17.0. The van der Waals surface area contributed by atoms with Crippen LogP contribution >= 0.6 is 0 Å². The number of carboxylic acid groups (broad SMARTS) is 1. The number of fused-ring (bicyclic) bond motifs is 1. The highest BCUT2D eigenvalue weighted by atomic mass is 32.2. The van der Waals surface area contributed by atoms with Crippen LogP contribution in [0.4, 0.5) is 13.2 Å². The lowest BCUT2D eigenvalue weighted by Gasteiger charge is -2.14. The van der Waals surface area contributed by atoms with Crippen molar-refractivity contribution < 1.29 is 41.0 Å². The maximum atomic E-state index is 12.6. The summed E-state index contributed by atoms with van der Waals surface area (Å²) in [5.74, 6) is -1.29. The summed E-state index contributed by atoms with van der Waals surface area (Å²) in [5, 5.41) is 9.80. The molecule has 164 valence electrons. The second-order valence-corrected chi connectivity index (χ2v) is 8.85. The van der Waals surface area contributed by atoms with E-state index in [1.54, 1.807) is 0 Å². The predicted molar refractivity (Wildman–Crippen MR) is 106 cm³/mol. The molecular formula is C21H17F3O6S. The normalized spacial score (nSPS) is 12.0. The maximum absolute atomic E-state index is 12.6. The Balaban J connectivity index is 2.04. The number of benzene rings is 3. The lowest BCUT2D eigenvalue weighted by molar-refractivity contribution is -0.274. The highest BCUT2D eigenvalue weighted by molar-refractivity contribution is 7.91. The molecule has 0 saturated heterocycles. The molecular weight excluding hydrogens is 437 g/mol. The number of carboxylic acids is 1. The van der Waals surface area contributed by atoms with Gasteiger partial charge >= 0.3 is 12.3 Å². The van der Waals surface area contributed by atoms with Crippen LogP contribution in [0.25, 0.3) is 10.8 Å². The number of hydrogen-bond donors (Lipinski definition) is 1. The van der Waals surface area contributed by atoms with E-state index in [0.717, 1.165) is 12.1 Å². The van der Waals surface area contributed by atoms with Crippen LogP contribution < -0.4 is 9.47 Å². The van der Waals surface area contributed by atoms with E-state index in [1.165, 1.54) is 49.4 Å². The molecule has 6 nitrogen and oxygen atoms in total. The fraction of sp³-hybridized carbons (Fsp3) is 0.190. The molecule has 0 spiro atoms. The van der Waals surface area contributed by atoms with Gasteiger partial charge in [-0.05, 0) is 53.4 Å². The number of alkyl halides is 3. The Bertz CT molecular complexity index is 1220. The molecule has 0 fully saturated rings. The molecule has 0 aliphatic carbocycles. The minimum absolute atomic E-state index is 0.0724. The molecule has 0 unspecified atom stereocenters. The Morgan fingerprint density at radius 2 is 1.65 bits per heavy atom. The lowest BCUT2D eigenvalue weighted by Crippen LogP contribution is -2.17. The average molecular weight is 454 g/mol. The third-order valence-corrected chi connectivity index (χ3v) is 6.08. The van der Waals surface area contributed by atoms with Gasteiger partial charge in [-0.3, -0.25) is 4.79 Å². The van der Waals surface area contributed by atoms with Crippen LogP contribution in [0.2, 0.25) is 0 Å². The minimum Gasteiger partial charge on any atom is -0.481 e. The molecule has 0 heterocycles. The Kier molecular flexibility index (Phi) is 6.12. The van der Waals surface area contributed by atoms with Crippen LogP contribution in [0.15, 0.2) is 59.5 Å². The molecule has 0 amide bonds. The monoisotopic (exact) mass is 454 g/mol. The van der Waals surface area contributed by atoms with Crippen LogP contribution in [-0.4, -0.2) is 31.6 Å². The third kappa shape index (κ3) is 5.66. The first-order valence-corrected chi connectivity index (χ1v) is 10.7. The fourth-order valence-electron chi connectivity index (χ4n) is 2.93. The van der Waals surface area contributed by atoms with Crippen molar-refractivity contribution in [1.82, 2.24) is 0 Å². The number of rotatable bonds is 7. The second-order valence-electron chi connectivity index (χ2n) is 6.57. The van der Waals surface area contributed by atoms with Crippen molar-refractivity contribution in [3.05, 3.63) is 60.2 Å². The summed E-state index contributed by atoms with van der Waals surface area (Å²) in [6.45, 7) is 1.51. The first-order valence-electron chi connectivity index (χ1n) is 9.02. The van der Waals surface area contributed by atoms with Crippen molar-refractivity contribution in [1.29, 1.82) is 0 Å². The van der Waals surface area contributed by atoms with Gasteiger partial charge in [0.2, 0.25) is 0 Å². The molecule has 0 atom stereocenters. The Morgan fingerprint density at radius 3 is 2.23 bits per heavy atom. The van der Waals surface area contributed by atoms with Gasteiger partial charge in [0, 0.05) is 5.39 Å². The summed E-state index contributed by atoms with van der Waals surface area (Å²) < 4.78 is 71.4. The van der Waals surface area contributed by atoms with Gasteiger partial charge in [0.05, 0.1) is 17.1 Å². The summed E-state index contributed by atoms with van der Waals surface area (Å²) in [5.41, 5.74) is 0.379. The van der Waals surface area contributed by atoms with Crippen molar-refractivity contribution in [2.75, 3.05) is 5.75 Å². The van der Waals surface area contributed by atoms with Gasteiger partial charge in [-0.2, -0.15) is 0 Å². The molecule has 0 aliphatic rings. The molecule has 0 aromatic heterocycles. The van der Waals surface area contributed by atoms with E-state index in [0.29, 0.717) is 10.9 Å². The first kappa shape index (κ1) is 22.4. The lowest BCUT2D eigenvalue weighted by atomic mass is 10.0. The molecule has 0 bridgehead atoms. The maximum Gasteiger partial charge on any atom is 0.573 e. The van der Waals surface area contributed by atoms with Crippen LogP contribution in [0.5, 0.6) is 17.2 Å². The van der Waals surface area contributed by atoms with Gasteiger partial charge in [0.25, 0.3) is 0 Å². The molecule has 0 radical (unpaired) electrons. The molecule has 0 aliphatic heterocycles. The van der Waals surface area contributed by atoms with Crippen LogP contribution in [0.1, 0.15) is 12.5 Å². The highest BCUT2D eigenvalue weighted by Crippen LogP contribution is 2.35. The zero-order chi connectivity index (χ0) is 22.8. The van der Waals surface area contributed by atoms with Gasteiger partial charge in [0.1, 0.15) is 17.2 Å². The van der Waals surface area contributed by atoms with Gasteiger partial charge in [-0.25, -0.2) is 8.42 Å². The minimum atomic E-state index is -4.88. The summed E-state index contributed by atoms with van der Waals surface area (Å²) in [6, 6.07) is 12.1. The van der Waals surface area contributed by atoms with Gasteiger partial charge in [0.15, 0.2) is 9.84 Å². The smallest absolute Gasteiger partial charge is 0.481 e. The first-order chi connectivity index (χ1) is 14.5. The van der Waals surface area contributed by atoms with Crippen molar-refractivity contribution in [2.24, 2.45) is 0 Å². The largest absolute Gasteiger partial charge is 0.573 e. The quantitative estimate of drug-likeness (QED) is 0.543. The van der Waals surface area contributed by atoms with E-state index in [2.05, 4.69) is 4.74 Å². The summed E-state index contributed by atoms with van der Waals surface area (Å²) in [4.78, 5) is 11.2. The van der Waals surface area contributed by atoms with Crippen molar-refractivity contribution in [3.8, 4) is 17.2 Å². The standard InChI is InChI=1S/C21H17F3O6S/c1-2-31(27,28)17-7-5-15(6-8-17)29-19-10-13(11-20(25)26)9-14-3-4-16(12-18(14)19)30-21(22,23)24/h3-10,12H,2,11H2,1H3,(H,25,26). The molecule has 3 aromatic rings. The number of carbonyl (C=O) groups is 1. The summed E-state index contributed by atoms with van der Waals surface area (Å²) in [6.07, 6.45) is -5.20. The molecule has 3 rings (SSSR count). The van der Waals surface area contributed by atoms with Crippen LogP contribution in [0, 0.1) is 0 Å². The molecule has 1 N–H and O–H groups in total. The number of hydrogen-bond acceptors (Lipinski definition) is 5. The topological polar surface area (TPSA) is 89.9 Å². The highest BCUT2D eigenvalue weighted by Gasteiger charge is 2.31. The van der Waals surface area contributed by atoms with Crippen molar-refractivity contribution >= 4 is 26.6 Å². The van der Waals surface area contributed by atoms with Crippen LogP contribution in [0.3, 0.4) is 0 Å². The molecule has 3 aromatic carbocycles. The van der Waals surface area contributed by atoms with E-state index >= 15 is 0 Å². The average Bonchev–Trinajstić information content (AvgIpc) is 2.67. The summed E-state index contributed by atoms with van der Waals surface area (Å²) >= 11 is 0. The third-order valence-electron chi connectivity index (χ3n) is 4.33. The second kappa shape index (κ2) is 8.46. The number of sulfone groups is 1. The fourth-order valence-corrected chi connectivity index (χ4v) is 3.81. The number of halogens is 3. The van der Waals surface area contributed by atoms with Gasteiger partial charge in [-0.15, -0.1) is 13.2 Å². The van der Waals surface area contributed by atoms with Gasteiger partial charge in [-0.1, -0.05) is 19.1 Å². The van der Waals surface area contributed by atoms with E-state index in [4.69, 9.17) is 9.84 Å². The van der Waals surface area contributed by atoms with E-state index < -0.39 is 27.9 Å². The van der Waals surface area contributed by atoms with Gasteiger partial charge < -0.3 is 14.6 Å². The zero-order valence-electron chi connectivity index (χ0n) is 16.1. The SMILES string of the molecule is CCS(=O)(=O)c1ccc(Oc2cc(CC(=O)O)cc3ccc(OC(F)(F)F)cc23)cc1. The number of ether oxygens (including phenoxy) is 2. The van der Waals surface area contributed by atoms with Crippen molar-refractivity contribution in [3.63, 3.8) is 0 Å². The molecule has 31 heavy (non-hydrogen) atoms. The Morgan fingerprint density at radius 1 is 1.00 bits per heavy atom. The Hall–Kier alpha value is -3.27. The summed E-state index contributed by atoms with van der Waals surface area (Å²) in [7, 11) is -3.41. The van der Waals surface area contributed by atoms with E-state index in [-0.39, 0.29) is 34.0 Å². The van der Waals surface area contributed by atoms with E-state index in [1.807, 2.05) is 0 Å². The number of aliphatic carboxylic acids is 1. The predicted octanol–water partition coefficient (Wildman–Crippen LogP) is 4.95. The Labute approximate surface area is 175 Å². The van der Waals surface area contributed by atoms with Crippen molar-refractivity contribution in [2.45, 2.75) is 24.6 Å². The molecule has 10 heteroatoms. The van der Waals surface area contributed by atoms with Crippen LogP contribution in [-0.2, 0) is 21.1 Å². The molecule has 0 saturated carbocycles.